The molecule has 1 fully saturated rings. The topological polar surface area (TPSA) is 34.1 Å². The molecule has 2 rings (SSSR count). The molecule has 1 aromatic rings. The van der Waals surface area contributed by atoms with Gasteiger partial charge >= 0.3 is 0 Å². The van der Waals surface area contributed by atoms with Crippen molar-refractivity contribution in [1.29, 1.82) is 0 Å². The van der Waals surface area contributed by atoms with E-state index in [4.69, 9.17) is 4.99 Å². The Balaban J connectivity index is 0.00000312. The van der Waals surface area contributed by atoms with E-state index in [1.54, 1.807) is 0 Å². The van der Waals surface area contributed by atoms with E-state index in [0.717, 1.165) is 45.2 Å². The van der Waals surface area contributed by atoms with Crippen molar-refractivity contribution in [2.45, 2.75) is 26.4 Å². The number of piperazine rings is 1. The molecule has 1 aliphatic heterocycles. The second kappa shape index (κ2) is 11.0. The van der Waals surface area contributed by atoms with Gasteiger partial charge in [-0.25, -0.2) is 0 Å². The van der Waals surface area contributed by atoms with Crippen molar-refractivity contribution in [3.63, 3.8) is 0 Å². The molecule has 25 heavy (non-hydrogen) atoms. The average Bonchev–Trinajstić information content (AvgIpc) is 2.56. The number of nitrogens with zero attached hydrogens (tertiary/aromatic N) is 4. The van der Waals surface area contributed by atoms with Crippen LogP contribution in [-0.2, 0) is 6.54 Å². The summed E-state index contributed by atoms with van der Waals surface area (Å²) in [6, 6.07) is 9.21. The third-order valence-electron chi connectivity index (χ3n) is 4.67. The quantitative estimate of drug-likeness (QED) is 0.416. The highest BCUT2D eigenvalue weighted by molar-refractivity contribution is 14.0. The first-order chi connectivity index (χ1) is 11.5. The maximum Gasteiger partial charge on any atom is 0.194 e. The molecule has 1 saturated heterocycles. The Labute approximate surface area is 170 Å². The van der Waals surface area contributed by atoms with E-state index in [0.29, 0.717) is 6.04 Å². The second-order valence-corrected chi connectivity index (χ2v) is 6.93. The van der Waals surface area contributed by atoms with Crippen molar-refractivity contribution >= 4 is 29.9 Å². The summed E-state index contributed by atoms with van der Waals surface area (Å²) in [7, 11) is 6.51. The minimum absolute atomic E-state index is 0. The number of aryl methyl sites for hydroxylation is 1. The summed E-state index contributed by atoms with van der Waals surface area (Å²) in [5.74, 6) is 0.986. The van der Waals surface area contributed by atoms with E-state index >= 15 is 0 Å². The van der Waals surface area contributed by atoms with Gasteiger partial charge in [0.05, 0.1) is 6.54 Å². The zero-order valence-electron chi connectivity index (χ0n) is 16.3. The number of hydrogen-bond donors (Lipinski definition) is 1. The van der Waals surface area contributed by atoms with Crippen molar-refractivity contribution in [2.75, 3.05) is 53.9 Å². The molecule has 6 heteroatoms. The van der Waals surface area contributed by atoms with Gasteiger partial charge in [-0.05, 0) is 33.5 Å². The number of benzene rings is 1. The SMILES string of the molecule is CCNC(=NCC1CN(C)CCN1C)N(C)Cc1ccc(C)cc1.I. The van der Waals surface area contributed by atoms with Crippen LogP contribution in [0.15, 0.2) is 29.3 Å². The Morgan fingerprint density at radius 1 is 1.24 bits per heavy atom. The van der Waals surface area contributed by atoms with E-state index in [9.17, 15) is 0 Å². The lowest BCUT2D eigenvalue weighted by Crippen LogP contribution is -2.51. The summed E-state index contributed by atoms with van der Waals surface area (Å²) in [5, 5.41) is 3.42. The second-order valence-electron chi connectivity index (χ2n) is 6.93. The fourth-order valence-electron chi connectivity index (χ4n) is 3.00. The Kier molecular flexibility index (Phi) is 9.74. The summed E-state index contributed by atoms with van der Waals surface area (Å²) < 4.78 is 0. The first-order valence-electron chi connectivity index (χ1n) is 8.93. The molecule has 1 atom stereocenters. The molecular weight excluding hydrogens is 425 g/mol. The summed E-state index contributed by atoms with van der Waals surface area (Å²) in [4.78, 5) is 11.9. The number of hydrogen-bond acceptors (Lipinski definition) is 3. The highest BCUT2D eigenvalue weighted by atomic mass is 127. The molecule has 1 N–H and O–H groups in total. The predicted octanol–water partition coefficient (Wildman–Crippen LogP) is 2.26. The van der Waals surface area contributed by atoms with Gasteiger partial charge in [-0.15, -0.1) is 24.0 Å². The predicted molar refractivity (Wildman–Crippen MR) is 118 cm³/mol. The van der Waals surface area contributed by atoms with Crippen LogP contribution in [0.3, 0.4) is 0 Å². The number of guanidine groups is 1. The van der Waals surface area contributed by atoms with Crippen LogP contribution in [0, 0.1) is 6.92 Å². The zero-order chi connectivity index (χ0) is 17.5. The fourth-order valence-corrected chi connectivity index (χ4v) is 3.00. The van der Waals surface area contributed by atoms with Gasteiger partial charge in [-0.1, -0.05) is 29.8 Å². The third-order valence-corrected chi connectivity index (χ3v) is 4.67. The number of aliphatic imine (C=N–C) groups is 1. The lowest BCUT2D eigenvalue weighted by Gasteiger charge is -2.37. The van der Waals surface area contributed by atoms with Crippen molar-refractivity contribution in [1.82, 2.24) is 20.0 Å². The van der Waals surface area contributed by atoms with Gasteiger partial charge in [0, 0.05) is 45.8 Å². The van der Waals surface area contributed by atoms with E-state index in [1.807, 2.05) is 0 Å². The van der Waals surface area contributed by atoms with Crippen LogP contribution in [0.25, 0.3) is 0 Å². The largest absolute Gasteiger partial charge is 0.357 e. The molecule has 1 unspecified atom stereocenters. The lowest BCUT2D eigenvalue weighted by atomic mass is 10.1. The van der Waals surface area contributed by atoms with Crippen LogP contribution in [0.1, 0.15) is 18.1 Å². The maximum absolute atomic E-state index is 4.90. The first-order valence-corrected chi connectivity index (χ1v) is 8.93. The van der Waals surface area contributed by atoms with Crippen molar-refractivity contribution < 1.29 is 0 Å². The minimum Gasteiger partial charge on any atom is -0.357 e. The van der Waals surface area contributed by atoms with Crippen LogP contribution in [0.2, 0.25) is 0 Å². The highest BCUT2D eigenvalue weighted by Crippen LogP contribution is 2.08. The van der Waals surface area contributed by atoms with Crippen LogP contribution in [0.4, 0.5) is 0 Å². The Morgan fingerprint density at radius 2 is 1.92 bits per heavy atom. The van der Waals surface area contributed by atoms with Gasteiger partial charge in [0.25, 0.3) is 0 Å². The molecule has 0 spiro atoms. The van der Waals surface area contributed by atoms with E-state index in [-0.39, 0.29) is 24.0 Å². The Bertz CT molecular complexity index is 531. The summed E-state index contributed by atoms with van der Waals surface area (Å²) >= 11 is 0. The van der Waals surface area contributed by atoms with Crippen molar-refractivity contribution in [3.8, 4) is 0 Å². The Morgan fingerprint density at radius 3 is 2.56 bits per heavy atom. The van der Waals surface area contributed by atoms with Crippen LogP contribution >= 0.6 is 24.0 Å². The fraction of sp³-hybridized carbons (Fsp3) is 0.632. The smallest absolute Gasteiger partial charge is 0.194 e. The zero-order valence-corrected chi connectivity index (χ0v) is 18.7. The highest BCUT2D eigenvalue weighted by Gasteiger charge is 2.22. The number of nitrogens with one attached hydrogen (secondary N) is 1. The number of rotatable bonds is 5. The molecule has 0 amide bonds. The first kappa shape index (κ1) is 22.2. The summed E-state index contributed by atoms with van der Waals surface area (Å²) in [6.45, 7) is 10.2. The molecule has 1 heterocycles. The summed E-state index contributed by atoms with van der Waals surface area (Å²) in [5.41, 5.74) is 2.61. The van der Waals surface area contributed by atoms with E-state index in [1.165, 1.54) is 11.1 Å². The van der Waals surface area contributed by atoms with E-state index < -0.39 is 0 Å². The van der Waals surface area contributed by atoms with Gasteiger partial charge in [-0.2, -0.15) is 0 Å². The standard InChI is InChI=1S/C19H33N5.HI/c1-6-20-19(21-13-18-15-22(3)11-12-23(18)4)24(5)14-17-9-7-16(2)8-10-17;/h7-10,18H,6,11-15H2,1-5H3,(H,20,21);1H. The maximum atomic E-state index is 4.90. The molecule has 5 nitrogen and oxygen atoms in total. The molecule has 0 bridgehead atoms. The van der Waals surface area contributed by atoms with Gasteiger partial charge in [0.1, 0.15) is 0 Å². The summed E-state index contributed by atoms with van der Waals surface area (Å²) in [6.07, 6.45) is 0. The van der Waals surface area contributed by atoms with Crippen LogP contribution < -0.4 is 5.32 Å². The molecule has 142 valence electrons. The number of likely N-dealkylation sites (N-methyl/N-ethyl adjacent to an activating group) is 2. The molecule has 0 aromatic heterocycles. The van der Waals surface area contributed by atoms with Gasteiger partial charge < -0.3 is 15.1 Å². The van der Waals surface area contributed by atoms with Gasteiger partial charge in [0.2, 0.25) is 0 Å². The molecule has 1 aromatic carbocycles. The molecular formula is C19H34IN5. The molecule has 0 saturated carbocycles. The molecule has 0 aliphatic carbocycles. The van der Waals surface area contributed by atoms with Crippen LogP contribution in [0.5, 0.6) is 0 Å². The Hall–Kier alpha value is -0.860. The molecule has 0 radical (unpaired) electrons. The number of halogens is 1. The third kappa shape index (κ3) is 7.11. The lowest BCUT2D eigenvalue weighted by molar-refractivity contribution is 0.119. The normalized spacial score (nSPS) is 19.4. The molecule has 1 aliphatic rings. The van der Waals surface area contributed by atoms with Gasteiger partial charge in [-0.3, -0.25) is 9.89 Å². The van der Waals surface area contributed by atoms with Gasteiger partial charge in [0.15, 0.2) is 5.96 Å². The monoisotopic (exact) mass is 459 g/mol. The minimum atomic E-state index is 0. The average molecular weight is 459 g/mol. The van der Waals surface area contributed by atoms with Crippen LogP contribution in [-0.4, -0.2) is 80.6 Å². The van der Waals surface area contributed by atoms with Crippen molar-refractivity contribution in [3.05, 3.63) is 35.4 Å². The van der Waals surface area contributed by atoms with E-state index in [2.05, 4.69) is 79.3 Å². The van der Waals surface area contributed by atoms with Crippen molar-refractivity contribution in [2.24, 2.45) is 4.99 Å².